The van der Waals surface area contributed by atoms with E-state index in [0.29, 0.717) is 17.0 Å². The van der Waals surface area contributed by atoms with E-state index in [9.17, 15) is 0 Å². The minimum absolute atomic E-state index is 0.281. The van der Waals surface area contributed by atoms with E-state index in [-0.39, 0.29) is 6.61 Å². The SMILES string of the molecule is Cc1nnc(COc2c(N)cc(C#N)cc2I)n1C. The molecule has 98 valence electrons. The number of aromatic nitrogens is 3. The van der Waals surface area contributed by atoms with Gasteiger partial charge in [-0.05, 0) is 41.6 Å². The maximum atomic E-state index is 8.85. The third-order valence-electron chi connectivity index (χ3n) is 2.73. The first-order valence-electron chi connectivity index (χ1n) is 5.49. The molecule has 0 bridgehead atoms. The van der Waals surface area contributed by atoms with E-state index < -0.39 is 0 Å². The van der Waals surface area contributed by atoms with Crippen LogP contribution in [0, 0.1) is 21.8 Å². The molecule has 0 aliphatic heterocycles. The van der Waals surface area contributed by atoms with E-state index in [4.69, 9.17) is 15.7 Å². The molecule has 0 saturated heterocycles. The number of nitrogens with two attached hydrogens (primary N) is 1. The molecule has 0 fully saturated rings. The normalized spacial score (nSPS) is 10.2. The minimum atomic E-state index is 0.281. The van der Waals surface area contributed by atoms with Gasteiger partial charge in [0.1, 0.15) is 12.4 Å². The molecular weight excluding hydrogens is 357 g/mol. The van der Waals surface area contributed by atoms with Crippen molar-refractivity contribution < 1.29 is 4.74 Å². The number of ether oxygens (including phenoxy) is 1. The van der Waals surface area contributed by atoms with Gasteiger partial charge >= 0.3 is 0 Å². The van der Waals surface area contributed by atoms with Crippen LogP contribution in [-0.4, -0.2) is 14.8 Å². The number of anilines is 1. The molecule has 0 amide bonds. The minimum Gasteiger partial charge on any atom is -0.482 e. The van der Waals surface area contributed by atoms with Crippen LogP contribution < -0.4 is 10.5 Å². The van der Waals surface area contributed by atoms with Gasteiger partial charge in [-0.1, -0.05) is 0 Å². The summed E-state index contributed by atoms with van der Waals surface area (Å²) in [6.45, 7) is 2.15. The van der Waals surface area contributed by atoms with Crippen molar-refractivity contribution in [3.8, 4) is 11.8 Å². The van der Waals surface area contributed by atoms with Crippen LogP contribution in [0.1, 0.15) is 17.2 Å². The summed E-state index contributed by atoms with van der Waals surface area (Å²) in [4.78, 5) is 0. The Morgan fingerprint density at radius 2 is 2.21 bits per heavy atom. The predicted octanol–water partition coefficient (Wildman–Crippen LogP) is 1.76. The lowest BCUT2D eigenvalue weighted by Crippen LogP contribution is -2.06. The van der Waals surface area contributed by atoms with E-state index in [1.165, 1.54) is 0 Å². The molecule has 0 atom stereocenters. The summed E-state index contributed by atoms with van der Waals surface area (Å²) in [5.74, 6) is 2.11. The highest BCUT2D eigenvalue weighted by atomic mass is 127. The van der Waals surface area contributed by atoms with Crippen LogP contribution in [-0.2, 0) is 13.7 Å². The van der Waals surface area contributed by atoms with E-state index in [1.807, 2.05) is 18.5 Å². The summed E-state index contributed by atoms with van der Waals surface area (Å²) < 4.78 is 8.34. The van der Waals surface area contributed by atoms with Crippen LogP contribution in [0.3, 0.4) is 0 Å². The van der Waals surface area contributed by atoms with Crippen LogP contribution in [0.5, 0.6) is 5.75 Å². The monoisotopic (exact) mass is 369 g/mol. The average Bonchev–Trinajstić information content (AvgIpc) is 2.69. The number of rotatable bonds is 3. The number of nitriles is 1. The number of nitrogen functional groups attached to an aromatic ring is 1. The Morgan fingerprint density at radius 3 is 2.74 bits per heavy atom. The lowest BCUT2D eigenvalue weighted by Gasteiger charge is -2.11. The standard InChI is InChI=1S/C12H12IN5O/c1-7-16-17-11(18(7)2)6-19-12-9(13)3-8(5-14)4-10(12)15/h3-4H,6,15H2,1-2H3. The smallest absolute Gasteiger partial charge is 0.170 e. The highest BCUT2D eigenvalue weighted by Crippen LogP contribution is 2.30. The maximum absolute atomic E-state index is 8.85. The highest BCUT2D eigenvalue weighted by molar-refractivity contribution is 14.1. The van der Waals surface area contributed by atoms with Gasteiger partial charge in [-0.15, -0.1) is 10.2 Å². The molecule has 2 N–H and O–H groups in total. The molecule has 0 spiro atoms. The molecule has 0 unspecified atom stereocenters. The number of nitrogens with zero attached hydrogens (tertiary/aromatic N) is 4. The summed E-state index contributed by atoms with van der Waals surface area (Å²) in [5, 5.41) is 16.8. The molecule has 19 heavy (non-hydrogen) atoms. The molecular formula is C12H12IN5O. The largest absolute Gasteiger partial charge is 0.482 e. The zero-order valence-electron chi connectivity index (χ0n) is 10.5. The van der Waals surface area contributed by atoms with Crippen LogP contribution in [0.25, 0.3) is 0 Å². The molecule has 1 heterocycles. The first-order chi connectivity index (χ1) is 9.02. The molecule has 0 saturated carbocycles. The van der Waals surface area contributed by atoms with Crippen molar-refractivity contribution in [2.75, 3.05) is 5.73 Å². The Bertz CT molecular complexity index is 636. The van der Waals surface area contributed by atoms with E-state index in [1.54, 1.807) is 12.1 Å². The number of halogens is 1. The molecule has 0 aliphatic carbocycles. The predicted molar refractivity (Wildman–Crippen MR) is 78.4 cm³/mol. The molecule has 1 aromatic carbocycles. The zero-order chi connectivity index (χ0) is 14.0. The lowest BCUT2D eigenvalue weighted by molar-refractivity contribution is 0.290. The number of aryl methyl sites for hydroxylation is 1. The van der Waals surface area contributed by atoms with Gasteiger partial charge < -0.3 is 15.0 Å². The number of benzene rings is 1. The molecule has 0 radical (unpaired) electrons. The molecule has 6 nitrogen and oxygen atoms in total. The van der Waals surface area contributed by atoms with Gasteiger partial charge in [-0.25, -0.2) is 0 Å². The van der Waals surface area contributed by atoms with Crippen molar-refractivity contribution in [1.29, 1.82) is 5.26 Å². The van der Waals surface area contributed by atoms with Crippen molar-refractivity contribution in [2.24, 2.45) is 7.05 Å². The van der Waals surface area contributed by atoms with Gasteiger partial charge in [0.15, 0.2) is 11.6 Å². The van der Waals surface area contributed by atoms with Crippen molar-refractivity contribution in [3.63, 3.8) is 0 Å². The van der Waals surface area contributed by atoms with Gasteiger partial charge in [-0.2, -0.15) is 5.26 Å². The summed E-state index contributed by atoms with van der Waals surface area (Å²) in [5.41, 5.74) is 6.85. The average molecular weight is 369 g/mol. The van der Waals surface area contributed by atoms with Gasteiger partial charge in [0, 0.05) is 7.05 Å². The van der Waals surface area contributed by atoms with Gasteiger partial charge in [0.2, 0.25) is 0 Å². The number of hydrogen-bond donors (Lipinski definition) is 1. The Morgan fingerprint density at radius 1 is 1.47 bits per heavy atom. The van der Waals surface area contributed by atoms with E-state index in [2.05, 4.69) is 38.9 Å². The second-order valence-electron chi connectivity index (χ2n) is 4.00. The van der Waals surface area contributed by atoms with Crippen molar-refractivity contribution in [3.05, 3.63) is 32.9 Å². The number of hydrogen-bond acceptors (Lipinski definition) is 5. The topological polar surface area (TPSA) is 89.8 Å². The first kappa shape index (κ1) is 13.6. The quantitative estimate of drug-likeness (QED) is 0.658. The van der Waals surface area contributed by atoms with Crippen LogP contribution in [0.4, 0.5) is 5.69 Å². The second kappa shape index (κ2) is 5.44. The Kier molecular flexibility index (Phi) is 3.90. The third-order valence-corrected chi connectivity index (χ3v) is 3.53. The molecule has 2 rings (SSSR count). The van der Waals surface area contributed by atoms with Crippen LogP contribution in [0.15, 0.2) is 12.1 Å². The van der Waals surface area contributed by atoms with Gasteiger partial charge in [0.05, 0.1) is 20.9 Å². The lowest BCUT2D eigenvalue weighted by atomic mass is 10.2. The summed E-state index contributed by atoms with van der Waals surface area (Å²) in [6.07, 6.45) is 0. The van der Waals surface area contributed by atoms with Crippen molar-refractivity contribution in [2.45, 2.75) is 13.5 Å². The fourth-order valence-corrected chi connectivity index (χ4v) is 2.35. The fraction of sp³-hybridized carbons (Fsp3) is 0.250. The maximum Gasteiger partial charge on any atom is 0.170 e. The molecule has 7 heteroatoms. The fourth-order valence-electron chi connectivity index (χ4n) is 1.54. The second-order valence-corrected chi connectivity index (χ2v) is 5.16. The van der Waals surface area contributed by atoms with Crippen molar-refractivity contribution >= 4 is 28.3 Å². The van der Waals surface area contributed by atoms with Crippen LogP contribution >= 0.6 is 22.6 Å². The van der Waals surface area contributed by atoms with Crippen LogP contribution in [0.2, 0.25) is 0 Å². The highest BCUT2D eigenvalue weighted by Gasteiger charge is 2.11. The molecule has 1 aromatic heterocycles. The van der Waals surface area contributed by atoms with Gasteiger partial charge in [-0.3, -0.25) is 0 Å². The third kappa shape index (κ3) is 2.78. The Hall–Kier alpha value is -1.82. The molecule has 0 aliphatic rings. The van der Waals surface area contributed by atoms with Gasteiger partial charge in [0.25, 0.3) is 0 Å². The van der Waals surface area contributed by atoms with Crippen molar-refractivity contribution in [1.82, 2.24) is 14.8 Å². The Labute approximate surface area is 124 Å². The van der Waals surface area contributed by atoms with E-state index >= 15 is 0 Å². The first-order valence-corrected chi connectivity index (χ1v) is 6.57. The summed E-state index contributed by atoms with van der Waals surface area (Å²) >= 11 is 2.09. The summed E-state index contributed by atoms with van der Waals surface area (Å²) in [7, 11) is 1.88. The molecule has 2 aromatic rings. The zero-order valence-corrected chi connectivity index (χ0v) is 12.7. The summed E-state index contributed by atoms with van der Waals surface area (Å²) in [6, 6.07) is 5.38. The Balaban J connectivity index is 2.21. The van der Waals surface area contributed by atoms with E-state index in [0.717, 1.165) is 15.2 Å².